The highest BCUT2D eigenvalue weighted by Crippen LogP contribution is 2.48. The van der Waals surface area contributed by atoms with Crippen LogP contribution in [-0.4, -0.2) is 53.3 Å². The number of likely N-dealkylation sites (tertiary alicyclic amines) is 1. The van der Waals surface area contributed by atoms with Crippen LogP contribution >= 0.6 is 15.9 Å². The fraction of sp³-hybridized carbons (Fsp3) is 0.273. The van der Waals surface area contributed by atoms with Crippen molar-refractivity contribution >= 4 is 61.3 Å². The summed E-state index contributed by atoms with van der Waals surface area (Å²) in [7, 11) is 0. The zero-order chi connectivity index (χ0) is 22.7. The van der Waals surface area contributed by atoms with Crippen LogP contribution in [0.3, 0.4) is 0 Å². The number of halogens is 1. The molecule has 0 bridgehead atoms. The predicted octanol–water partition coefficient (Wildman–Crippen LogP) is 2.35. The van der Waals surface area contributed by atoms with Gasteiger partial charge in [0.1, 0.15) is 40.8 Å². The number of piperidine rings is 1. The highest BCUT2D eigenvalue weighted by atomic mass is 79.9. The molecule has 33 heavy (non-hydrogen) atoms. The number of amides is 2. The van der Waals surface area contributed by atoms with E-state index in [4.69, 9.17) is 5.73 Å². The molecule has 4 aromatic heterocycles. The molecule has 1 saturated heterocycles. The smallest absolute Gasteiger partial charge is 0.248 e. The van der Waals surface area contributed by atoms with Crippen molar-refractivity contribution < 1.29 is 9.59 Å². The molecule has 2 amide bonds. The molecule has 10 nitrogen and oxygen atoms in total. The van der Waals surface area contributed by atoms with Crippen molar-refractivity contribution in [2.45, 2.75) is 31.5 Å². The van der Waals surface area contributed by atoms with Crippen molar-refractivity contribution in [2.75, 3.05) is 11.1 Å². The molecule has 1 aliphatic carbocycles. The molecule has 0 aromatic carbocycles. The lowest BCUT2D eigenvalue weighted by Gasteiger charge is -2.27. The lowest BCUT2D eigenvalue weighted by atomic mass is 10.1. The van der Waals surface area contributed by atoms with Crippen molar-refractivity contribution in [3.63, 3.8) is 0 Å². The Bertz CT molecular complexity index is 1440. The normalized spacial score (nSPS) is 21.4. The Labute approximate surface area is 196 Å². The van der Waals surface area contributed by atoms with E-state index in [1.54, 1.807) is 40.1 Å². The molecule has 2 aliphatic rings. The van der Waals surface area contributed by atoms with Crippen molar-refractivity contribution in [1.29, 1.82) is 0 Å². The minimum Gasteiger partial charge on any atom is -0.383 e. The van der Waals surface area contributed by atoms with Crippen molar-refractivity contribution in [1.82, 2.24) is 29.4 Å². The third kappa shape index (κ3) is 3.30. The van der Waals surface area contributed by atoms with Gasteiger partial charge >= 0.3 is 0 Å². The van der Waals surface area contributed by atoms with Gasteiger partial charge in [0.15, 0.2) is 0 Å². The quantitative estimate of drug-likeness (QED) is 0.406. The Hall–Kier alpha value is -3.60. The molecule has 11 heteroatoms. The average Bonchev–Trinajstić information content (AvgIpc) is 3.34. The number of hydrogen-bond donors (Lipinski definition) is 2. The fourth-order valence-corrected chi connectivity index (χ4v) is 5.24. The summed E-state index contributed by atoms with van der Waals surface area (Å²) in [5.74, 6) is 0.796. The first-order valence-corrected chi connectivity index (χ1v) is 11.4. The van der Waals surface area contributed by atoms with Crippen LogP contribution in [0.25, 0.3) is 21.9 Å². The van der Waals surface area contributed by atoms with E-state index in [2.05, 4.69) is 41.2 Å². The molecule has 4 aromatic rings. The molecule has 0 spiro atoms. The molecular formula is C22H19BrN8O2. The highest BCUT2D eigenvalue weighted by Gasteiger charge is 2.56. The number of carbonyl (C=O) groups excluding carboxylic acids is 2. The summed E-state index contributed by atoms with van der Waals surface area (Å²) in [5, 5.41) is 4.39. The van der Waals surface area contributed by atoms with Gasteiger partial charge in [0.25, 0.3) is 0 Å². The number of nitrogens with two attached hydrogens (primary N) is 1. The highest BCUT2D eigenvalue weighted by molar-refractivity contribution is 9.10. The van der Waals surface area contributed by atoms with E-state index in [-0.39, 0.29) is 24.4 Å². The summed E-state index contributed by atoms with van der Waals surface area (Å²) in [6, 6.07) is 6.70. The number of nitrogens with zero attached hydrogens (tertiary/aromatic N) is 6. The van der Waals surface area contributed by atoms with Gasteiger partial charge < -0.3 is 20.5 Å². The van der Waals surface area contributed by atoms with Crippen LogP contribution in [0.15, 0.2) is 47.6 Å². The van der Waals surface area contributed by atoms with Crippen molar-refractivity contribution in [3.05, 3.63) is 47.6 Å². The molecule has 1 aliphatic heterocycles. The maximum absolute atomic E-state index is 13.6. The summed E-state index contributed by atoms with van der Waals surface area (Å²) >= 11 is 3.31. The number of hydrogen-bond acceptors (Lipinski definition) is 7. The maximum atomic E-state index is 13.6. The zero-order valence-corrected chi connectivity index (χ0v) is 18.9. The minimum atomic E-state index is -0.534. The number of nitrogens with one attached hydrogen (secondary N) is 1. The summed E-state index contributed by atoms with van der Waals surface area (Å²) < 4.78 is 2.43. The van der Waals surface area contributed by atoms with Gasteiger partial charge in [-0.05, 0) is 52.9 Å². The Kier molecular flexibility index (Phi) is 4.54. The molecular weight excluding hydrogens is 488 g/mol. The van der Waals surface area contributed by atoms with Crippen LogP contribution in [0.4, 0.5) is 11.6 Å². The number of aromatic nitrogens is 5. The van der Waals surface area contributed by atoms with Gasteiger partial charge in [0.05, 0.1) is 17.1 Å². The van der Waals surface area contributed by atoms with Gasteiger partial charge in [0, 0.05) is 17.6 Å². The third-order valence-corrected chi connectivity index (χ3v) is 6.87. The minimum absolute atomic E-state index is 0.0320. The first kappa shape index (κ1) is 20.0. The number of nitrogen functional groups attached to an aromatic ring is 1. The first-order valence-electron chi connectivity index (χ1n) is 10.6. The van der Waals surface area contributed by atoms with Gasteiger partial charge in [-0.15, -0.1) is 0 Å². The second-order valence-corrected chi connectivity index (χ2v) is 9.20. The Morgan fingerprint density at radius 1 is 1.21 bits per heavy atom. The molecule has 3 N–H and O–H groups in total. The summed E-state index contributed by atoms with van der Waals surface area (Å²) in [6.07, 6.45) is 6.33. The first-order chi connectivity index (χ1) is 16.0. The van der Waals surface area contributed by atoms with E-state index in [0.717, 1.165) is 17.3 Å². The topological polar surface area (TPSA) is 132 Å². The summed E-state index contributed by atoms with van der Waals surface area (Å²) in [6.45, 7) is 0.0320. The van der Waals surface area contributed by atoms with Crippen molar-refractivity contribution in [2.24, 2.45) is 5.92 Å². The average molecular weight is 507 g/mol. The number of fused-ring (bicyclic) bond motifs is 4. The largest absolute Gasteiger partial charge is 0.383 e. The van der Waals surface area contributed by atoms with Crippen LogP contribution in [0.1, 0.15) is 12.8 Å². The fourth-order valence-electron chi connectivity index (χ4n) is 4.89. The van der Waals surface area contributed by atoms with E-state index in [1.165, 1.54) is 6.33 Å². The summed E-state index contributed by atoms with van der Waals surface area (Å²) in [5.41, 5.74) is 7.44. The molecule has 2 fully saturated rings. The number of anilines is 2. The molecule has 0 radical (unpaired) electrons. The van der Waals surface area contributed by atoms with Gasteiger partial charge in [-0.3, -0.25) is 14.6 Å². The molecule has 1 saturated carbocycles. The molecule has 166 valence electrons. The van der Waals surface area contributed by atoms with Crippen LogP contribution in [0.2, 0.25) is 0 Å². The molecule has 5 heterocycles. The van der Waals surface area contributed by atoms with E-state index >= 15 is 0 Å². The van der Waals surface area contributed by atoms with E-state index in [9.17, 15) is 9.59 Å². The van der Waals surface area contributed by atoms with Crippen molar-refractivity contribution in [3.8, 4) is 0 Å². The van der Waals surface area contributed by atoms with Gasteiger partial charge in [-0.2, -0.15) is 0 Å². The zero-order valence-electron chi connectivity index (χ0n) is 17.3. The van der Waals surface area contributed by atoms with E-state index in [1.807, 2.05) is 6.07 Å². The molecule has 0 unspecified atom stereocenters. The number of pyridine rings is 2. The van der Waals surface area contributed by atoms with Gasteiger partial charge in [-0.1, -0.05) is 6.07 Å². The Morgan fingerprint density at radius 3 is 2.94 bits per heavy atom. The van der Waals surface area contributed by atoms with E-state index < -0.39 is 6.04 Å². The lowest BCUT2D eigenvalue weighted by Crippen LogP contribution is -2.46. The third-order valence-electron chi connectivity index (χ3n) is 6.43. The standard InChI is InChI=1S/C22H19BrN8O2/c23-16-2-1-3-17(28-16)29-22(33)14-7-11-6-13(11)31(14)18(32)9-30-15-8-25-5-4-12(15)19-20(24)26-10-27-21(19)30/h1-5,8,10-11,13-14H,6-7,9H2,(H2,24,26,27)(H,28,29,33)/t11-,13-,14+/m1/s1. The van der Waals surface area contributed by atoms with Gasteiger partial charge in [-0.25, -0.2) is 15.0 Å². The van der Waals surface area contributed by atoms with Crippen LogP contribution in [-0.2, 0) is 16.1 Å². The molecule has 3 atom stereocenters. The van der Waals surface area contributed by atoms with Gasteiger partial charge in [0.2, 0.25) is 11.8 Å². The second-order valence-electron chi connectivity index (χ2n) is 8.39. The predicted molar refractivity (Wildman–Crippen MR) is 125 cm³/mol. The number of rotatable bonds is 4. The Morgan fingerprint density at radius 2 is 2.09 bits per heavy atom. The Balaban J connectivity index is 1.31. The number of carbonyl (C=O) groups is 2. The van der Waals surface area contributed by atoms with Crippen LogP contribution < -0.4 is 11.1 Å². The molecule has 6 rings (SSSR count). The van der Waals surface area contributed by atoms with Crippen LogP contribution in [0, 0.1) is 5.92 Å². The monoisotopic (exact) mass is 506 g/mol. The maximum Gasteiger partial charge on any atom is 0.248 e. The van der Waals surface area contributed by atoms with Crippen LogP contribution in [0.5, 0.6) is 0 Å². The van der Waals surface area contributed by atoms with E-state index in [0.29, 0.717) is 39.6 Å². The lowest BCUT2D eigenvalue weighted by molar-refractivity contribution is -0.138. The SMILES string of the molecule is Nc1ncnc2c1c1ccncc1n2CC(=O)N1[C@@H]2C[C@@H]2C[C@H]1C(=O)Nc1cccc(Br)n1. The summed E-state index contributed by atoms with van der Waals surface area (Å²) in [4.78, 5) is 45.3. The second kappa shape index (κ2) is 7.48.